The molecular weight excluding hydrogens is 552 g/mol. The number of Topliss-reactive ketones (excluding diaryl/α,β-unsaturated/α-hetero) is 1. The molecule has 0 aromatic carbocycles. The van der Waals surface area contributed by atoms with Crippen molar-refractivity contribution < 1.29 is 33.0 Å². The number of thiazole rings is 1. The first kappa shape index (κ1) is 32.8. The average Bonchev–Trinajstić information content (AvgIpc) is 3.41. The van der Waals surface area contributed by atoms with Crippen LogP contribution in [0.2, 0.25) is 0 Å². The number of hydrogen-bond acceptors (Lipinski definition) is 9. The van der Waals surface area contributed by atoms with Gasteiger partial charge in [-0.25, -0.2) is 13.4 Å². The molecule has 2 aliphatic heterocycles. The fraction of sp³-hybridized carbons (Fsp3) is 0.759. The average molecular weight is 599 g/mol. The molecule has 2 saturated heterocycles. The van der Waals surface area contributed by atoms with Crippen LogP contribution in [0.3, 0.4) is 0 Å². The number of cyclic esters (lactones) is 1. The van der Waals surface area contributed by atoms with Crippen LogP contribution in [0.15, 0.2) is 11.0 Å². The van der Waals surface area contributed by atoms with Gasteiger partial charge in [0.15, 0.2) is 0 Å². The molecule has 1 aromatic heterocycles. The van der Waals surface area contributed by atoms with Gasteiger partial charge in [-0.3, -0.25) is 9.59 Å². The molecule has 3 rings (SSSR count). The van der Waals surface area contributed by atoms with Crippen LogP contribution in [-0.2, 0) is 24.3 Å². The maximum absolute atomic E-state index is 13.3. The van der Waals surface area contributed by atoms with E-state index in [1.165, 1.54) is 11.3 Å². The van der Waals surface area contributed by atoms with E-state index >= 15 is 0 Å². The Morgan fingerprint density at radius 3 is 2.50 bits per heavy atom. The molecule has 0 amide bonds. The summed E-state index contributed by atoms with van der Waals surface area (Å²) >= 11 is 1.51. The summed E-state index contributed by atoms with van der Waals surface area (Å²) < 4.78 is 33.7. The maximum Gasteiger partial charge on any atom is 0.309 e. The number of aliphatic hydroxyl groups is 2. The predicted octanol–water partition coefficient (Wildman–Crippen LogP) is 4.11. The van der Waals surface area contributed by atoms with Crippen LogP contribution in [0.5, 0.6) is 0 Å². The van der Waals surface area contributed by atoms with Crippen LogP contribution in [0, 0.1) is 24.2 Å². The lowest BCUT2D eigenvalue weighted by atomic mass is 9.73. The van der Waals surface area contributed by atoms with E-state index in [0.717, 1.165) is 16.3 Å². The summed E-state index contributed by atoms with van der Waals surface area (Å²) in [6.07, 6.45) is 1.22. The number of carbonyl (C=O) groups excluding carboxylic acids is 2. The minimum absolute atomic E-state index is 0.0490. The normalized spacial score (nSPS) is 34.7. The molecule has 40 heavy (non-hydrogen) atoms. The van der Waals surface area contributed by atoms with Gasteiger partial charge in [-0.1, -0.05) is 41.0 Å². The Morgan fingerprint density at radius 1 is 1.23 bits per heavy atom. The summed E-state index contributed by atoms with van der Waals surface area (Å²) in [6.45, 7) is 12.3. The van der Waals surface area contributed by atoms with Gasteiger partial charge >= 0.3 is 5.97 Å². The number of rotatable bonds is 5. The van der Waals surface area contributed by atoms with Gasteiger partial charge in [0.2, 0.25) is 10.0 Å². The summed E-state index contributed by atoms with van der Waals surface area (Å²) in [5.41, 5.74) is 0.189. The summed E-state index contributed by atoms with van der Waals surface area (Å²) in [7, 11) is -3.47. The molecule has 9 nitrogen and oxygen atoms in total. The van der Waals surface area contributed by atoms with Crippen molar-refractivity contribution in [3.05, 3.63) is 21.7 Å². The first-order valence-corrected chi connectivity index (χ1v) is 16.8. The summed E-state index contributed by atoms with van der Waals surface area (Å²) in [6, 6.07) is -0.530. The highest BCUT2D eigenvalue weighted by Crippen LogP contribution is 2.42. The van der Waals surface area contributed by atoms with Crippen LogP contribution < -0.4 is 0 Å². The van der Waals surface area contributed by atoms with Crippen LogP contribution in [-0.4, -0.2) is 75.8 Å². The Morgan fingerprint density at radius 2 is 1.90 bits per heavy atom. The number of nitrogens with zero attached hydrogens (tertiary/aromatic N) is 2. The number of carbonyl (C=O) groups is 2. The van der Waals surface area contributed by atoms with Crippen LogP contribution >= 0.6 is 11.3 Å². The van der Waals surface area contributed by atoms with E-state index in [9.17, 15) is 28.2 Å². The van der Waals surface area contributed by atoms with E-state index in [0.29, 0.717) is 32.1 Å². The van der Waals surface area contributed by atoms with E-state index in [-0.39, 0.29) is 29.5 Å². The van der Waals surface area contributed by atoms with Crippen molar-refractivity contribution in [2.75, 3.05) is 5.75 Å². The third-order valence-electron chi connectivity index (χ3n) is 8.54. The number of aryl methyl sites for hydroxylation is 1. The highest BCUT2D eigenvalue weighted by atomic mass is 32.2. The van der Waals surface area contributed by atoms with Gasteiger partial charge in [0.25, 0.3) is 0 Å². The van der Waals surface area contributed by atoms with E-state index in [1.54, 1.807) is 25.1 Å². The van der Waals surface area contributed by atoms with Crippen molar-refractivity contribution in [3.8, 4) is 0 Å². The Hall–Kier alpha value is -1.66. The van der Waals surface area contributed by atoms with Gasteiger partial charge in [-0.15, -0.1) is 11.3 Å². The minimum atomic E-state index is -3.47. The molecule has 0 radical (unpaired) electrons. The lowest BCUT2D eigenvalue weighted by Gasteiger charge is -2.34. The smallest absolute Gasteiger partial charge is 0.309 e. The molecule has 2 aliphatic rings. The molecule has 0 spiro atoms. The molecule has 0 saturated carbocycles. The molecule has 0 aliphatic carbocycles. The highest BCUT2D eigenvalue weighted by molar-refractivity contribution is 7.89. The summed E-state index contributed by atoms with van der Waals surface area (Å²) in [5, 5.41) is 24.7. The quantitative estimate of drug-likeness (QED) is 0.382. The first-order chi connectivity index (χ1) is 18.6. The lowest BCUT2D eigenvalue weighted by molar-refractivity contribution is -0.154. The predicted molar refractivity (Wildman–Crippen MR) is 156 cm³/mol. The third-order valence-corrected chi connectivity index (χ3v) is 11.4. The lowest BCUT2D eigenvalue weighted by Crippen LogP contribution is -2.45. The first-order valence-electron chi connectivity index (χ1n) is 14.3. The number of fused-ring (bicyclic) bond motifs is 1. The fourth-order valence-corrected chi connectivity index (χ4v) is 8.36. The number of hydrogen-bond donors (Lipinski definition) is 2. The molecule has 226 valence electrons. The number of aliphatic hydroxyl groups excluding tert-OH is 2. The summed E-state index contributed by atoms with van der Waals surface area (Å²) in [5.74, 6) is -1.87. The SMILES string of the molecule is CCCS(=O)(=O)N1[C@H]2CCC[C@@H](C)[C@@H](O)[C@H](C)C(=O)C(C)(C)[C@H](O)CC(=O)O[C@@H](C(C)=Cc3csc(C)n3)C[C@@H]21. The van der Waals surface area contributed by atoms with Crippen molar-refractivity contribution in [1.82, 2.24) is 9.29 Å². The summed E-state index contributed by atoms with van der Waals surface area (Å²) in [4.78, 5) is 30.9. The largest absolute Gasteiger partial charge is 0.458 e. The Labute approximate surface area is 243 Å². The van der Waals surface area contributed by atoms with E-state index in [1.807, 2.05) is 39.2 Å². The fourth-order valence-electron chi connectivity index (χ4n) is 5.82. The Balaban J connectivity index is 1.96. The second-order valence-corrected chi connectivity index (χ2v) is 15.2. The second kappa shape index (κ2) is 13.1. The van der Waals surface area contributed by atoms with Gasteiger partial charge in [0.05, 0.1) is 40.5 Å². The van der Waals surface area contributed by atoms with Gasteiger partial charge in [0.1, 0.15) is 11.9 Å². The van der Waals surface area contributed by atoms with Crippen LogP contribution in [0.1, 0.15) is 90.8 Å². The molecule has 0 bridgehead atoms. The van der Waals surface area contributed by atoms with Crippen molar-refractivity contribution in [3.63, 3.8) is 0 Å². The molecule has 3 heterocycles. The van der Waals surface area contributed by atoms with Gasteiger partial charge in [-0.2, -0.15) is 4.31 Å². The minimum Gasteiger partial charge on any atom is -0.458 e. The van der Waals surface area contributed by atoms with Crippen molar-refractivity contribution in [1.29, 1.82) is 0 Å². The monoisotopic (exact) mass is 598 g/mol. The van der Waals surface area contributed by atoms with Crippen LogP contribution in [0.25, 0.3) is 6.08 Å². The zero-order chi connectivity index (χ0) is 30.0. The molecule has 1 unspecified atom stereocenters. The number of esters is 1. The number of sulfonamides is 1. The number of ether oxygens (including phenoxy) is 1. The van der Waals surface area contributed by atoms with Crippen LogP contribution in [0.4, 0.5) is 0 Å². The Kier molecular flexibility index (Phi) is 10.8. The maximum atomic E-state index is 13.3. The molecule has 11 heteroatoms. The van der Waals surface area contributed by atoms with Crippen molar-refractivity contribution in [2.24, 2.45) is 17.3 Å². The van der Waals surface area contributed by atoms with Gasteiger partial charge < -0.3 is 14.9 Å². The molecule has 1 aromatic rings. The zero-order valence-corrected chi connectivity index (χ0v) is 26.4. The Bertz CT molecular complexity index is 1190. The molecule has 2 N–H and O–H groups in total. The second-order valence-electron chi connectivity index (χ2n) is 12.2. The highest BCUT2D eigenvalue weighted by Gasteiger charge is 2.55. The number of ketones is 1. The van der Waals surface area contributed by atoms with Crippen molar-refractivity contribution >= 4 is 39.2 Å². The standard InChI is InChI=1S/C29H46N2O7S2/c1-8-12-40(36,37)31-22-11-9-10-17(2)27(34)19(4)28(35)29(6,7)25(32)15-26(33)38-24(14-23(22)31)18(3)13-21-16-39-20(5)30-21/h13,16-17,19,22-25,27,32,34H,8-12,14-15H2,1-7H3/t17-,19+,22+,23+,24-,25-,27-,31?/m1/s1. The molecule has 8 atom stereocenters. The van der Waals surface area contributed by atoms with E-state index < -0.39 is 52.1 Å². The topological polar surface area (TPSA) is 134 Å². The van der Waals surface area contributed by atoms with Gasteiger partial charge in [-0.05, 0) is 50.7 Å². The third kappa shape index (κ3) is 7.59. The molecular formula is C29H46N2O7S2. The van der Waals surface area contributed by atoms with Crippen molar-refractivity contribution in [2.45, 2.75) is 117 Å². The zero-order valence-electron chi connectivity index (χ0n) is 24.8. The van der Waals surface area contributed by atoms with Gasteiger partial charge in [0, 0.05) is 29.8 Å². The number of aromatic nitrogens is 1. The van der Waals surface area contributed by atoms with E-state index in [2.05, 4.69) is 4.98 Å². The van der Waals surface area contributed by atoms with E-state index in [4.69, 9.17) is 4.74 Å². The molecule has 2 fully saturated rings.